The Balaban J connectivity index is 2.24. The Labute approximate surface area is 121 Å². The normalized spacial score (nSPS) is 26.4. The van der Waals surface area contributed by atoms with Gasteiger partial charge in [0, 0.05) is 5.38 Å². The zero-order valence-electron chi connectivity index (χ0n) is 12.0. The molecule has 0 radical (unpaired) electrons. The van der Waals surface area contributed by atoms with E-state index in [-0.39, 0.29) is 0 Å². The zero-order valence-corrected chi connectivity index (χ0v) is 12.7. The number of hydrogen-bond donors (Lipinski definition) is 0. The number of halogens is 1. The van der Waals surface area contributed by atoms with Crippen molar-refractivity contribution in [2.24, 2.45) is 5.92 Å². The van der Waals surface area contributed by atoms with Gasteiger partial charge in [-0.15, -0.1) is 11.6 Å². The van der Waals surface area contributed by atoms with E-state index in [9.17, 15) is 0 Å². The molecule has 0 bridgehead atoms. The highest BCUT2D eigenvalue weighted by atomic mass is 35.5. The maximum absolute atomic E-state index is 6.33. The van der Waals surface area contributed by atoms with Crippen molar-refractivity contribution in [2.45, 2.75) is 44.9 Å². The van der Waals surface area contributed by atoms with Crippen LogP contribution in [0.2, 0.25) is 0 Å². The summed E-state index contributed by atoms with van der Waals surface area (Å²) in [5.74, 6) is 2.75. The molecule has 0 aromatic heterocycles. The van der Waals surface area contributed by atoms with Crippen LogP contribution in [0.4, 0.5) is 0 Å². The minimum Gasteiger partial charge on any atom is -0.490 e. The molecule has 1 aromatic rings. The molecule has 19 heavy (non-hydrogen) atoms. The second-order valence-corrected chi connectivity index (χ2v) is 5.69. The Bertz CT molecular complexity index is 419. The van der Waals surface area contributed by atoms with Crippen LogP contribution in [0, 0.1) is 5.92 Å². The first-order valence-corrected chi connectivity index (χ1v) is 7.64. The van der Waals surface area contributed by atoms with Gasteiger partial charge in [-0.05, 0) is 56.2 Å². The highest BCUT2D eigenvalue weighted by molar-refractivity contribution is 6.21. The summed E-state index contributed by atoms with van der Waals surface area (Å²) in [6, 6.07) is 6.31. The van der Waals surface area contributed by atoms with Crippen molar-refractivity contribution >= 4 is 11.6 Å². The Hall–Kier alpha value is -0.890. The first kappa shape index (κ1) is 14.5. The van der Waals surface area contributed by atoms with Crippen molar-refractivity contribution in [2.75, 3.05) is 13.2 Å². The smallest absolute Gasteiger partial charge is 0.161 e. The SMILES string of the molecule is CCOc1ccc(C2CCC(Cl)C2C)cc1OCC. The molecule has 0 amide bonds. The third-order valence-corrected chi connectivity index (χ3v) is 4.57. The van der Waals surface area contributed by atoms with Crippen molar-refractivity contribution in [3.63, 3.8) is 0 Å². The van der Waals surface area contributed by atoms with E-state index in [2.05, 4.69) is 19.1 Å². The van der Waals surface area contributed by atoms with Gasteiger partial charge in [-0.25, -0.2) is 0 Å². The molecule has 0 heterocycles. The summed E-state index contributed by atoms with van der Waals surface area (Å²) >= 11 is 6.33. The molecular weight excluding hydrogens is 260 g/mol. The molecule has 0 N–H and O–H groups in total. The molecule has 3 atom stereocenters. The predicted molar refractivity (Wildman–Crippen MR) is 79.6 cm³/mol. The van der Waals surface area contributed by atoms with Gasteiger partial charge in [0.2, 0.25) is 0 Å². The zero-order chi connectivity index (χ0) is 13.8. The molecular formula is C16H23ClO2. The van der Waals surface area contributed by atoms with E-state index in [1.54, 1.807) is 0 Å². The van der Waals surface area contributed by atoms with E-state index >= 15 is 0 Å². The number of alkyl halides is 1. The quantitative estimate of drug-likeness (QED) is 0.735. The third kappa shape index (κ3) is 3.17. The standard InChI is InChI=1S/C16H23ClO2/c1-4-18-15-9-6-12(10-16(15)19-5-2)13-7-8-14(17)11(13)3/h6,9-11,13-14H,4-5,7-8H2,1-3H3. The lowest BCUT2D eigenvalue weighted by Gasteiger charge is -2.19. The Morgan fingerprint density at radius 1 is 1.11 bits per heavy atom. The summed E-state index contributed by atoms with van der Waals surface area (Å²) in [5, 5.41) is 0.298. The van der Waals surface area contributed by atoms with E-state index in [0.29, 0.717) is 30.4 Å². The minimum atomic E-state index is 0.298. The molecule has 0 spiro atoms. The van der Waals surface area contributed by atoms with Gasteiger partial charge in [0.05, 0.1) is 13.2 Å². The number of hydrogen-bond acceptors (Lipinski definition) is 2. The predicted octanol–water partition coefficient (Wildman–Crippen LogP) is 4.60. The van der Waals surface area contributed by atoms with Crippen LogP contribution < -0.4 is 9.47 Å². The van der Waals surface area contributed by atoms with Crippen LogP contribution in [0.3, 0.4) is 0 Å². The molecule has 106 valence electrons. The van der Waals surface area contributed by atoms with Crippen molar-refractivity contribution in [1.82, 2.24) is 0 Å². The van der Waals surface area contributed by atoms with E-state index in [0.717, 1.165) is 24.3 Å². The Morgan fingerprint density at radius 2 is 1.79 bits per heavy atom. The summed E-state index contributed by atoms with van der Waals surface area (Å²) < 4.78 is 11.3. The molecule has 3 heteroatoms. The van der Waals surface area contributed by atoms with Crippen LogP contribution in [0.5, 0.6) is 11.5 Å². The number of ether oxygens (including phenoxy) is 2. The van der Waals surface area contributed by atoms with Gasteiger partial charge in [-0.1, -0.05) is 13.0 Å². The van der Waals surface area contributed by atoms with Crippen molar-refractivity contribution in [3.8, 4) is 11.5 Å². The molecule has 1 saturated carbocycles. The van der Waals surface area contributed by atoms with Gasteiger partial charge in [0.15, 0.2) is 11.5 Å². The summed E-state index contributed by atoms with van der Waals surface area (Å²) in [5.41, 5.74) is 1.32. The van der Waals surface area contributed by atoms with Gasteiger partial charge in [-0.3, -0.25) is 0 Å². The number of rotatable bonds is 5. The van der Waals surface area contributed by atoms with Crippen LogP contribution in [-0.2, 0) is 0 Å². The summed E-state index contributed by atoms with van der Waals surface area (Å²) in [4.78, 5) is 0. The minimum absolute atomic E-state index is 0.298. The monoisotopic (exact) mass is 282 g/mol. The Morgan fingerprint density at radius 3 is 2.37 bits per heavy atom. The van der Waals surface area contributed by atoms with Gasteiger partial charge in [0.1, 0.15) is 0 Å². The van der Waals surface area contributed by atoms with E-state index in [1.165, 1.54) is 5.56 Å². The third-order valence-electron chi connectivity index (χ3n) is 3.95. The highest BCUT2D eigenvalue weighted by Crippen LogP contribution is 2.44. The number of benzene rings is 1. The second kappa shape index (κ2) is 6.51. The van der Waals surface area contributed by atoms with Crippen LogP contribution in [0.1, 0.15) is 45.1 Å². The molecule has 1 fully saturated rings. The van der Waals surface area contributed by atoms with Crippen LogP contribution in [-0.4, -0.2) is 18.6 Å². The lowest BCUT2D eigenvalue weighted by atomic mass is 9.90. The van der Waals surface area contributed by atoms with Crippen LogP contribution in [0.15, 0.2) is 18.2 Å². The summed E-state index contributed by atoms with van der Waals surface area (Å²) in [7, 11) is 0. The largest absolute Gasteiger partial charge is 0.490 e. The molecule has 2 rings (SSSR count). The maximum Gasteiger partial charge on any atom is 0.161 e. The molecule has 0 saturated heterocycles. The van der Waals surface area contributed by atoms with Crippen molar-refractivity contribution in [1.29, 1.82) is 0 Å². The summed E-state index contributed by atoms with van der Waals surface area (Å²) in [6.45, 7) is 7.53. The molecule has 1 aliphatic rings. The molecule has 1 aliphatic carbocycles. The van der Waals surface area contributed by atoms with E-state index in [1.807, 2.05) is 19.9 Å². The fraction of sp³-hybridized carbons (Fsp3) is 0.625. The molecule has 0 aliphatic heterocycles. The van der Waals surface area contributed by atoms with Gasteiger partial charge >= 0.3 is 0 Å². The van der Waals surface area contributed by atoms with Crippen molar-refractivity contribution in [3.05, 3.63) is 23.8 Å². The average Bonchev–Trinajstić information content (AvgIpc) is 2.73. The van der Waals surface area contributed by atoms with Gasteiger partial charge in [0.25, 0.3) is 0 Å². The fourth-order valence-electron chi connectivity index (χ4n) is 2.89. The Kier molecular flexibility index (Phi) is 4.98. The molecule has 2 nitrogen and oxygen atoms in total. The van der Waals surface area contributed by atoms with Crippen LogP contribution >= 0.6 is 11.6 Å². The van der Waals surface area contributed by atoms with E-state index in [4.69, 9.17) is 21.1 Å². The second-order valence-electron chi connectivity index (χ2n) is 5.13. The first-order valence-electron chi connectivity index (χ1n) is 7.21. The molecule has 3 unspecified atom stereocenters. The maximum atomic E-state index is 6.33. The first-order chi connectivity index (χ1) is 9.17. The lowest BCUT2D eigenvalue weighted by molar-refractivity contribution is 0.287. The summed E-state index contributed by atoms with van der Waals surface area (Å²) in [6.07, 6.45) is 2.26. The average molecular weight is 283 g/mol. The molecule has 1 aromatic carbocycles. The lowest BCUT2D eigenvalue weighted by Crippen LogP contribution is -2.10. The topological polar surface area (TPSA) is 18.5 Å². The fourth-order valence-corrected chi connectivity index (χ4v) is 3.19. The van der Waals surface area contributed by atoms with Gasteiger partial charge < -0.3 is 9.47 Å². The van der Waals surface area contributed by atoms with E-state index < -0.39 is 0 Å². The highest BCUT2D eigenvalue weighted by Gasteiger charge is 2.32. The van der Waals surface area contributed by atoms with Crippen molar-refractivity contribution < 1.29 is 9.47 Å². The van der Waals surface area contributed by atoms with Gasteiger partial charge in [-0.2, -0.15) is 0 Å². The van der Waals surface area contributed by atoms with Crippen LogP contribution in [0.25, 0.3) is 0 Å².